The highest BCUT2D eigenvalue weighted by Crippen LogP contribution is 2.28. The zero-order valence-corrected chi connectivity index (χ0v) is 15.6. The lowest BCUT2D eigenvalue weighted by atomic mass is 9.95. The Balaban J connectivity index is 1.74. The Morgan fingerprint density at radius 2 is 1.97 bits per heavy atom. The lowest BCUT2D eigenvalue weighted by molar-refractivity contribution is -0.214. The van der Waals surface area contributed by atoms with Crippen molar-refractivity contribution < 1.29 is 25.2 Å². The molecular formula is C21H21N3O5. The van der Waals surface area contributed by atoms with Crippen LogP contribution in [-0.4, -0.2) is 72.7 Å². The number of rotatable bonds is 2. The SMILES string of the molecule is Cc1ccncc1-c1cc(C#CC2OC(CO)[C@@H](O)C(O)C2O)c2[nH]ncc2c1. The maximum Gasteiger partial charge on any atom is 0.147 e. The van der Waals surface area contributed by atoms with Crippen LogP contribution in [0.1, 0.15) is 11.1 Å². The topological polar surface area (TPSA) is 132 Å². The average molecular weight is 395 g/mol. The Morgan fingerprint density at radius 1 is 1.14 bits per heavy atom. The molecule has 0 saturated carbocycles. The number of pyridine rings is 1. The van der Waals surface area contributed by atoms with E-state index in [1.165, 1.54) is 0 Å². The van der Waals surface area contributed by atoms with E-state index < -0.39 is 37.1 Å². The summed E-state index contributed by atoms with van der Waals surface area (Å²) >= 11 is 0. The lowest BCUT2D eigenvalue weighted by Crippen LogP contribution is -2.58. The number of nitrogens with zero attached hydrogens (tertiary/aromatic N) is 2. The van der Waals surface area contributed by atoms with Gasteiger partial charge in [0.25, 0.3) is 0 Å². The van der Waals surface area contributed by atoms with Gasteiger partial charge in [-0.1, -0.05) is 11.8 Å². The fourth-order valence-electron chi connectivity index (χ4n) is 3.45. The minimum atomic E-state index is -1.46. The van der Waals surface area contributed by atoms with Crippen LogP contribution in [0, 0.1) is 18.8 Å². The number of benzene rings is 1. The average Bonchev–Trinajstić information content (AvgIpc) is 3.20. The molecule has 0 radical (unpaired) electrons. The van der Waals surface area contributed by atoms with Gasteiger partial charge >= 0.3 is 0 Å². The van der Waals surface area contributed by atoms with Gasteiger partial charge in [-0.15, -0.1) is 0 Å². The second kappa shape index (κ2) is 7.91. The Hall–Kier alpha value is -2.80. The molecule has 3 heterocycles. The van der Waals surface area contributed by atoms with E-state index in [0.29, 0.717) is 5.56 Å². The van der Waals surface area contributed by atoms with E-state index in [9.17, 15) is 20.4 Å². The van der Waals surface area contributed by atoms with Gasteiger partial charge in [-0.3, -0.25) is 10.1 Å². The molecule has 1 aliphatic heterocycles. The predicted octanol–water partition coefficient (Wildman–Crippen LogP) is 0.127. The summed E-state index contributed by atoms with van der Waals surface area (Å²) < 4.78 is 5.46. The van der Waals surface area contributed by atoms with E-state index in [-0.39, 0.29) is 0 Å². The van der Waals surface area contributed by atoms with Crippen LogP contribution in [0.15, 0.2) is 36.8 Å². The Morgan fingerprint density at radius 3 is 2.72 bits per heavy atom. The summed E-state index contributed by atoms with van der Waals surface area (Å²) in [6.07, 6.45) is -1.12. The molecule has 8 nitrogen and oxygen atoms in total. The van der Waals surface area contributed by atoms with E-state index >= 15 is 0 Å². The van der Waals surface area contributed by atoms with Crippen molar-refractivity contribution in [2.75, 3.05) is 6.61 Å². The summed E-state index contributed by atoms with van der Waals surface area (Å²) in [5, 5.41) is 47.2. The Kier molecular flexibility index (Phi) is 5.32. The fourth-order valence-corrected chi connectivity index (χ4v) is 3.45. The highest BCUT2D eigenvalue weighted by atomic mass is 16.5. The molecule has 0 amide bonds. The van der Waals surface area contributed by atoms with Crippen LogP contribution in [0.4, 0.5) is 0 Å². The summed E-state index contributed by atoms with van der Waals surface area (Å²) in [5.41, 5.74) is 4.31. The van der Waals surface area contributed by atoms with E-state index in [0.717, 1.165) is 27.6 Å². The molecule has 0 aliphatic carbocycles. The number of aliphatic hydroxyl groups is 4. The van der Waals surface area contributed by atoms with E-state index in [1.807, 2.05) is 25.1 Å². The number of fused-ring (bicyclic) bond motifs is 1. The van der Waals surface area contributed by atoms with Crippen molar-refractivity contribution in [1.29, 1.82) is 0 Å². The van der Waals surface area contributed by atoms with Crippen molar-refractivity contribution in [3.8, 4) is 23.0 Å². The molecule has 0 spiro atoms. The summed E-state index contributed by atoms with van der Waals surface area (Å²) in [6, 6.07) is 5.80. The molecule has 2 aromatic heterocycles. The van der Waals surface area contributed by atoms with Gasteiger partial charge in [0.2, 0.25) is 0 Å². The second-order valence-corrected chi connectivity index (χ2v) is 7.07. The first kappa shape index (κ1) is 19.5. The maximum atomic E-state index is 10.2. The zero-order valence-electron chi connectivity index (χ0n) is 15.6. The van der Waals surface area contributed by atoms with Gasteiger partial charge in [0.05, 0.1) is 23.9 Å². The monoisotopic (exact) mass is 395 g/mol. The first-order chi connectivity index (χ1) is 14.0. The molecule has 3 aromatic rings. The summed E-state index contributed by atoms with van der Waals surface area (Å²) in [5.74, 6) is 5.79. The summed E-state index contributed by atoms with van der Waals surface area (Å²) in [6.45, 7) is 1.50. The predicted molar refractivity (Wildman–Crippen MR) is 105 cm³/mol. The highest BCUT2D eigenvalue weighted by Gasteiger charge is 2.42. The Bertz CT molecular complexity index is 1080. The number of ether oxygens (including phenoxy) is 1. The van der Waals surface area contributed by atoms with Crippen LogP contribution in [0.25, 0.3) is 22.0 Å². The molecule has 150 valence electrons. The smallest absolute Gasteiger partial charge is 0.147 e. The number of nitrogens with one attached hydrogen (secondary N) is 1. The van der Waals surface area contributed by atoms with Crippen molar-refractivity contribution >= 4 is 10.9 Å². The zero-order chi connectivity index (χ0) is 20.5. The van der Waals surface area contributed by atoms with Crippen molar-refractivity contribution in [2.24, 2.45) is 0 Å². The standard InChI is InChI=1S/C21H21N3O5/c1-11-4-5-22-9-15(11)13-6-12(18-14(7-13)8-23-24-18)2-3-16-19(26)21(28)20(27)17(10-25)29-16/h4-9,16-17,19-21,25-28H,10H2,1H3,(H,23,24)/t16?,17?,19?,20-,21?/m1/s1. The second-order valence-electron chi connectivity index (χ2n) is 7.07. The third kappa shape index (κ3) is 3.62. The molecule has 8 heteroatoms. The van der Waals surface area contributed by atoms with Crippen molar-refractivity contribution in [3.63, 3.8) is 0 Å². The van der Waals surface area contributed by atoms with Gasteiger partial charge in [0, 0.05) is 23.3 Å². The third-order valence-corrected chi connectivity index (χ3v) is 5.14. The summed E-state index contributed by atoms with van der Waals surface area (Å²) in [4.78, 5) is 4.19. The number of hydrogen-bond donors (Lipinski definition) is 5. The third-order valence-electron chi connectivity index (χ3n) is 5.14. The maximum absolute atomic E-state index is 10.2. The normalized spacial score (nSPS) is 26.9. The van der Waals surface area contributed by atoms with E-state index in [1.54, 1.807) is 18.6 Å². The number of aromatic amines is 1. The van der Waals surface area contributed by atoms with Gasteiger partial charge < -0.3 is 25.2 Å². The number of aryl methyl sites for hydroxylation is 1. The molecule has 29 heavy (non-hydrogen) atoms. The first-order valence-electron chi connectivity index (χ1n) is 9.19. The van der Waals surface area contributed by atoms with Crippen LogP contribution in [0.2, 0.25) is 0 Å². The summed E-state index contributed by atoms with van der Waals surface area (Å²) in [7, 11) is 0. The largest absolute Gasteiger partial charge is 0.394 e. The van der Waals surface area contributed by atoms with Gasteiger partial charge in [0.1, 0.15) is 30.5 Å². The van der Waals surface area contributed by atoms with Crippen LogP contribution in [0.3, 0.4) is 0 Å². The number of H-pyrrole nitrogens is 1. The Labute approximate surface area is 166 Å². The lowest BCUT2D eigenvalue weighted by Gasteiger charge is -2.37. The molecule has 4 rings (SSSR count). The van der Waals surface area contributed by atoms with Crippen LogP contribution >= 0.6 is 0 Å². The molecule has 0 bridgehead atoms. The van der Waals surface area contributed by atoms with Gasteiger partial charge in [-0.2, -0.15) is 5.10 Å². The number of hydrogen-bond acceptors (Lipinski definition) is 7. The molecule has 1 fully saturated rings. The molecule has 5 atom stereocenters. The van der Waals surface area contributed by atoms with Crippen molar-refractivity contribution in [1.82, 2.24) is 15.2 Å². The van der Waals surface area contributed by atoms with Gasteiger partial charge in [0.15, 0.2) is 0 Å². The van der Waals surface area contributed by atoms with Crippen molar-refractivity contribution in [2.45, 2.75) is 37.4 Å². The quantitative estimate of drug-likeness (QED) is 0.390. The number of aliphatic hydroxyl groups excluding tert-OH is 4. The van der Waals surface area contributed by atoms with Crippen molar-refractivity contribution in [3.05, 3.63) is 47.9 Å². The fraction of sp³-hybridized carbons (Fsp3) is 0.333. The first-order valence-corrected chi connectivity index (χ1v) is 9.19. The minimum absolute atomic E-state index is 0.496. The minimum Gasteiger partial charge on any atom is -0.394 e. The molecule has 5 N–H and O–H groups in total. The highest BCUT2D eigenvalue weighted by molar-refractivity contribution is 5.89. The van der Waals surface area contributed by atoms with E-state index in [4.69, 9.17) is 4.74 Å². The molecule has 1 saturated heterocycles. The molecular weight excluding hydrogens is 374 g/mol. The van der Waals surface area contributed by atoms with Crippen LogP contribution in [0.5, 0.6) is 0 Å². The van der Waals surface area contributed by atoms with Gasteiger partial charge in [-0.05, 0) is 36.2 Å². The molecule has 1 aliphatic rings. The van der Waals surface area contributed by atoms with Crippen LogP contribution in [-0.2, 0) is 4.74 Å². The van der Waals surface area contributed by atoms with Gasteiger partial charge in [-0.25, -0.2) is 0 Å². The van der Waals surface area contributed by atoms with E-state index in [2.05, 4.69) is 27.0 Å². The van der Waals surface area contributed by atoms with Crippen LogP contribution < -0.4 is 0 Å². The number of aromatic nitrogens is 3. The molecule has 4 unspecified atom stereocenters. The molecule has 1 aromatic carbocycles.